The van der Waals surface area contributed by atoms with Gasteiger partial charge in [-0.3, -0.25) is 14.9 Å². The van der Waals surface area contributed by atoms with Crippen LogP contribution in [0.5, 0.6) is 0 Å². The predicted molar refractivity (Wildman–Crippen MR) is 86.4 cm³/mol. The maximum Gasteiger partial charge on any atom is 0.271 e. The van der Waals surface area contributed by atoms with Crippen molar-refractivity contribution in [3.8, 4) is 0 Å². The van der Waals surface area contributed by atoms with E-state index in [1.54, 1.807) is 13.0 Å². The fourth-order valence-corrected chi connectivity index (χ4v) is 2.09. The van der Waals surface area contributed by atoms with Crippen molar-refractivity contribution >= 4 is 34.6 Å². The Balaban J connectivity index is 2.02. The van der Waals surface area contributed by atoms with Crippen molar-refractivity contribution in [1.82, 2.24) is 0 Å². The summed E-state index contributed by atoms with van der Waals surface area (Å²) in [6.07, 6.45) is 0. The minimum Gasteiger partial charge on any atom is -0.376 e. The molecule has 8 heteroatoms. The van der Waals surface area contributed by atoms with Crippen molar-refractivity contribution in [3.63, 3.8) is 0 Å². The lowest BCUT2D eigenvalue weighted by molar-refractivity contribution is -0.384. The van der Waals surface area contributed by atoms with Crippen molar-refractivity contribution in [1.29, 1.82) is 0 Å². The van der Waals surface area contributed by atoms with E-state index in [0.717, 1.165) is 11.6 Å². The van der Waals surface area contributed by atoms with Gasteiger partial charge in [0.15, 0.2) is 0 Å². The van der Waals surface area contributed by atoms with E-state index in [2.05, 4.69) is 10.6 Å². The number of halogens is 2. The Hall–Kier alpha value is -2.67. The second-order valence-electron chi connectivity index (χ2n) is 4.78. The lowest BCUT2D eigenvalue weighted by atomic mass is 10.2. The topological polar surface area (TPSA) is 84.3 Å². The van der Waals surface area contributed by atoms with E-state index in [0.29, 0.717) is 5.69 Å². The lowest BCUT2D eigenvalue weighted by Gasteiger charge is -2.11. The maximum absolute atomic E-state index is 12.9. The van der Waals surface area contributed by atoms with E-state index in [-0.39, 0.29) is 22.9 Å². The Morgan fingerprint density at radius 3 is 2.65 bits per heavy atom. The maximum atomic E-state index is 12.9. The number of non-ortho nitro benzene ring substituents is 1. The van der Waals surface area contributed by atoms with Crippen LogP contribution in [0, 0.1) is 22.9 Å². The second kappa shape index (κ2) is 7.06. The van der Waals surface area contributed by atoms with E-state index in [4.69, 9.17) is 11.6 Å². The van der Waals surface area contributed by atoms with Gasteiger partial charge in [-0.25, -0.2) is 4.39 Å². The van der Waals surface area contributed by atoms with Crippen LogP contribution in [-0.2, 0) is 4.79 Å². The minimum absolute atomic E-state index is 0.0694. The number of hydrogen-bond acceptors (Lipinski definition) is 4. The van der Waals surface area contributed by atoms with Crippen molar-refractivity contribution in [2.75, 3.05) is 17.2 Å². The van der Waals surface area contributed by atoms with Gasteiger partial charge in [0.2, 0.25) is 5.91 Å². The third-order valence-corrected chi connectivity index (χ3v) is 3.39. The Morgan fingerprint density at radius 1 is 1.26 bits per heavy atom. The molecule has 2 N–H and O–H groups in total. The van der Waals surface area contributed by atoms with Gasteiger partial charge < -0.3 is 10.6 Å². The first-order chi connectivity index (χ1) is 10.9. The first-order valence-corrected chi connectivity index (χ1v) is 6.98. The minimum atomic E-state index is -0.511. The molecular formula is C15H13ClFN3O3. The zero-order chi connectivity index (χ0) is 17.0. The van der Waals surface area contributed by atoms with Crippen LogP contribution in [0.4, 0.5) is 21.5 Å². The summed E-state index contributed by atoms with van der Waals surface area (Å²) in [5.41, 5.74) is 1.47. The van der Waals surface area contributed by atoms with Crippen LogP contribution in [0.3, 0.4) is 0 Å². The molecule has 1 amide bonds. The molecule has 2 aromatic rings. The first kappa shape index (κ1) is 16.7. The second-order valence-corrected chi connectivity index (χ2v) is 5.19. The fraction of sp³-hybridized carbons (Fsp3) is 0.133. The summed E-state index contributed by atoms with van der Waals surface area (Å²) in [4.78, 5) is 22.1. The highest BCUT2D eigenvalue weighted by molar-refractivity contribution is 6.33. The number of nitro groups is 1. The molecule has 0 spiro atoms. The van der Waals surface area contributed by atoms with Gasteiger partial charge in [0, 0.05) is 17.8 Å². The highest BCUT2D eigenvalue weighted by atomic mass is 35.5. The van der Waals surface area contributed by atoms with Crippen molar-refractivity contribution in [3.05, 3.63) is 62.9 Å². The molecule has 0 bridgehead atoms. The lowest BCUT2D eigenvalue weighted by Crippen LogP contribution is -2.22. The van der Waals surface area contributed by atoms with Crippen LogP contribution in [0.25, 0.3) is 0 Å². The number of nitro benzene ring substituents is 1. The molecule has 0 saturated carbocycles. The van der Waals surface area contributed by atoms with E-state index in [9.17, 15) is 19.3 Å². The Morgan fingerprint density at radius 2 is 2.00 bits per heavy atom. The van der Waals surface area contributed by atoms with E-state index in [1.807, 2.05) is 0 Å². The van der Waals surface area contributed by atoms with Crippen LogP contribution in [0.1, 0.15) is 5.56 Å². The summed E-state index contributed by atoms with van der Waals surface area (Å²) >= 11 is 5.82. The number of aryl methyl sites for hydroxylation is 1. The van der Waals surface area contributed by atoms with Crippen LogP contribution in [0.2, 0.25) is 5.02 Å². The molecule has 120 valence electrons. The van der Waals surface area contributed by atoms with Crippen LogP contribution in [0.15, 0.2) is 36.4 Å². The van der Waals surface area contributed by atoms with Gasteiger partial charge in [-0.15, -0.1) is 0 Å². The summed E-state index contributed by atoms with van der Waals surface area (Å²) in [6.45, 7) is 1.65. The molecule has 6 nitrogen and oxygen atoms in total. The number of benzene rings is 2. The standard InChI is InChI=1S/C15H13ClFN3O3/c1-9-2-4-11(20(22)23)7-14(9)18-8-15(21)19-13-5-3-10(17)6-12(13)16/h2-7,18H,8H2,1H3,(H,19,21). The van der Waals surface area contributed by atoms with E-state index < -0.39 is 16.6 Å². The first-order valence-electron chi connectivity index (χ1n) is 6.60. The molecule has 0 aliphatic carbocycles. The predicted octanol–water partition coefficient (Wildman–Crippen LogP) is 3.75. The van der Waals surface area contributed by atoms with Gasteiger partial charge in [0.1, 0.15) is 5.82 Å². The van der Waals surface area contributed by atoms with Gasteiger partial charge in [0.05, 0.1) is 22.2 Å². The van der Waals surface area contributed by atoms with Gasteiger partial charge in [-0.2, -0.15) is 0 Å². The Labute approximate surface area is 136 Å². The number of hydrogen-bond donors (Lipinski definition) is 2. The smallest absolute Gasteiger partial charge is 0.271 e. The average Bonchev–Trinajstić information content (AvgIpc) is 2.49. The molecule has 0 aromatic heterocycles. The molecule has 0 aliphatic rings. The molecule has 0 unspecified atom stereocenters. The summed E-state index contributed by atoms with van der Waals surface area (Å²) in [5.74, 6) is -0.914. The van der Waals surface area contributed by atoms with Crippen LogP contribution >= 0.6 is 11.6 Å². The van der Waals surface area contributed by atoms with Gasteiger partial charge in [0.25, 0.3) is 5.69 Å². The van der Waals surface area contributed by atoms with E-state index in [1.165, 1.54) is 24.3 Å². The number of amides is 1. The molecule has 2 aromatic carbocycles. The molecule has 2 rings (SSSR count). The number of anilines is 2. The van der Waals surface area contributed by atoms with Crippen molar-refractivity contribution in [2.24, 2.45) is 0 Å². The Bertz CT molecular complexity index is 768. The SMILES string of the molecule is Cc1ccc([N+](=O)[O-])cc1NCC(=O)Nc1ccc(F)cc1Cl. The number of carbonyl (C=O) groups excluding carboxylic acids is 1. The molecule has 0 saturated heterocycles. The highest BCUT2D eigenvalue weighted by Gasteiger charge is 2.11. The van der Waals surface area contributed by atoms with Crippen LogP contribution in [-0.4, -0.2) is 17.4 Å². The zero-order valence-electron chi connectivity index (χ0n) is 12.1. The molecule has 0 fully saturated rings. The highest BCUT2D eigenvalue weighted by Crippen LogP contribution is 2.23. The summed E-state index contributed by atoms with van der Waals surface area (Å²) in [5, 5.41) is 16.2. The molecule has 0 radical (unpaired) electrons. The van der Waals surface area contributed by atoms with Crippen LogP contribution < -0.4 is 10.6 Å². The molecular weight excluding hydrogens is 325 g/mol. The number of rotatable bonds is 5. The van der Waals surface area contributed by atoms with Crippen molar-refractivity contribution in [2.45, 2.75) is 6.92 Å². The summed E-state index contributed by atoms with van der Waals surface area (Å²) < 4.78 is 12.9. The zero-order valence-corrected chi connectivity index (χ0v) is 12.9. The largest absolute Gasteiger partial charge is 0.376 e. The number of nitrogens with one attached hydrogen (secondary N) is 2. The third-order valence-electron chi connectivity index (χ3n) is 3.08. The number of carbonyl (C=O) groups is 1. The van der Waals surface area contributed by atoms with E-state index >= 15 is 0 Å². The normalized spacial score (nSPS) is 10.2. The third kappa shape index (κ3) is 4.40. The van der Waals surface area contributed by atoms with Crippen molar-refractivity contribution < 1.29 is 14.1 Å². The Kier molecular flexibility index (Phi) is 5.13. The molecule has 0 heterocycles. The number of nitrogens with zero attached hydrogens (tertiary/aromatic N) is 1. The molecule has 0 aliphatic heterocycles. The fourth-order valence-electron chi connectivity index (χ4n) is 1.87. The molecule has 0 atom stereocenters. The summed E-state index contributed by atoms with van der Waals surface area (Å²) in [7, 11) is 0. The quantitative estimate of drug-likeness (QED) is 0.643. The van der Waals surface area contributed by atoms with Gasteiger partial charge in [-0.05, 0) is 30.7 Å². The molecule has 23 heavy (non-hydrogen) atoms. The monoisotopic (exact) mass is 337 g/mol. The van der Waals surface area contributed by atoms with Gasteiger partial charge in [-0.1, -0.05) is 17.7 Å². The van der Waals surface area contributed by atoms with Gasteiger partial charge >= 0.3 is 0 Å². The summed E-state index contributed by atoms with van der Waals surface area (Å²) in [6, 6.07) is 7.96. The average molecular weight is 338 g/mol.